The SMILES string of the molecule is C=C(C)[C@@H]1CC/C(C)=C\CC/C(C)=C(/O)C1. The number of hydrogen-bond donors (Lipinski definition) is 1. The van der Waals surface area contributed by atoms with E-state index in [4.69, 9.17) is 0 Å². The first-order valence-corrected chi connectivity index (χ1v) is 6.19. The number of aliphatic hydroxyl groups excluding tert-OH is 1. The summed E-state index contributed by atoms with van der Waals surface area (Å²) in [6, 6.07) is 0. The topological polar surface area (TPSA) is 20.2 Å². The van der Waals surface area contributed by atoms with Gasteiger partial charge in [0.2, 0.25) is 0 Å². The molecule has 1 aliphatic rings. The summed E-state index contributed by atoms with van der Waals surface area (Å²) < 4.78 is 0. The molecule has 0 aliphatic heterocycles. The molecular formula is C15H24O. The first-order chi connectivity index (χ1) is 7.50. The predicted octanol–water partition coefficient (Wildman–Crippen LogP) is 4.92. The molecule has 0 amide bonds. The van der Waals surface area contributed by atoms with Crippen molar-refractivity contribution in [1.82, 2.24) is 0 Å². The van der Waals surface area contributed by atoms with Crippen LogP contribution in [0.5, 0.6) is 0 Å². The van der Waals surface area contributed by atoms with Gasteiger partial charge in [0.05, 0.1) is 5.76 Å². The smallest absolute Gasteiger partial charge is 0.0917 e. The van der Waals surface area contributed by atoms with Crippen LogP contribution in [0.4, 0.5) is 0 Å². The molecule has 0 aromatic rings. The summed E-state index contributed by atoms with van der Waals surface area (Å²) in [6.07, 6.45) is 7.34. The molecule has 0 aromatic heterocycles. The molecule has 1 aliphatic carbocycles. The summed E-state index contributed by atoms with van der Waals surface area (Å²) in [5.41, 5.74) is 3.80. The van der Waals surface area contributed by atoms with E-state index in [0.29, 0.717) is 11.7 Å². The van der Waals surface area contributed by atoms with Gasteiger partial charge >= 0.3 is 0 Å². The normalized spacial score (nSPS) is 31.7. The molecule has 0 saturated heterocycles. The molecule has 0 fully saturated rings. The van der Waals surface area contributed by atoms with Crippen molar-refractivity contribution in [1.29, 1.82) is 0 Å². The molecule has 1 atom stereocenters. The maximum absolute atomic E-state index is 10.0. The fraction of sp³-hybridized carbons (Fsp3) is 0.600. The van der Waals surface area contributed by atoms with Gasteiger partial charge in [0.15, 0.2) is 0 Å². The summed E-state index contributed by atoms with van der Waals surface area (Å²) in [5, 5.41) is 10.0. The Morgan fingerprint density at radius 3 is 2.69 bits per heavy atom. The highest BCUT2D eigenvalue weighted by atomic mass is 16.3. The molecule has 1 heteroatoms. The summed E-state index contributed by atoms with van der Waals surface area (Å²) >= 11 is 0. The highest BCUT2D eigenvalue weighted by Crippen LogP contribution is 2.28. The number of hydrogen-bond acceptors (Lipinski definition) is 1. The molecule has 16 heavy (non-hydrogen) atoms. The van der Waals surface area contributed by atoms with Crippen LogP contribution in [0.15, 0.2) is 35.1 Å². The van der Waals surface area contributed by atoms with E-state index in [1.54, 1.807) is 0 Å². The van der Waals surface area contributed by atoms with Gasteiger partial charge in [-0.05, 0) is 57.9 Å². The molecule has 0 radical (unpaired) electrons. The average Bonchev–Trinajstić information content (AvgIpc) is 2.22. The van der Waals surface area contributed by atoms with Crippen molar-refractivity contribution >= 4 is 0 Å². The lowest BCUT2D eigenvalue weighted by Gasteiger charge is -2.19. The van der Waals surface area contributed by atoms with Crippen molar-refractivity contribution in [3.63, 3.8) is 0 Å². The van der Waals surface area contributed by atoms with Crippen molar-refractivity contribution < 1.29 is 5.11 Å². The molecule has 0 spiro atoms. The fourth-order valence-corrected chi connectivity index (χ4v) is 2.11. The minimum absolute atomic E-state index is 0.427. The fourth-order valence-electron chi connectivity index (χ4n) is 2.11. The molecular weight excluding hydrogens is 196 g/mol. The Labute approximate surface area is 99.6 Å². The Bertz CT molecular complexity index is 320. The summed E-state index contributed by atoms with van der Waals surface area (Å²) in [6.45, 7) is 10.3. The first kappa shape index (κ1) is 13.1. The highest BCUT2D eigenvalue weighted by molar-refractivity contribution is 5.13. The average molecular weight is 220 g/mol. The van der Waals surface area contributed by atoms with E-state index in [2.05, 4.69) is 26.5 Å². The van der Waals surface area contributed by atoms with Crippen LogP contribution in [-0.4, -0.2) is 5.11 Å². The lowest BCUT2D eigenvalue weighted by atomic mass is 9.88. The summed E-state index contributed by atoms with van der Waals surface area (Å²) in [4.78, 5) is 0. The minimum atomic E-state index is 0.427. The largest absolute Gasteiger partial charge is 0.512 e. The van der Waals surface area contributed by atoms with E-state index in [1.165, 1.54) is 11.1 Å². The minimum Gasteiger partial charge on any atom is -0.512 e. The van der Waals surface area contributed by atoms with Crippen LogP contribution in [0.2, 0.25) is 0 Å². The van der Waals surface area contributed by atoms with Gasteiger partial charge in [0.1, 0.15) is 0 Å². The molecule has 1 rings (SSSR count). The monoisotopic (exact) mass is 220 g/mol. The van der Waals surface area contributed by atoms with E-state index in [0.717, 1.165) is 37.7 Å². The lowest BCUT2D eigenvalue weighted by molar-refractivity contribution is 0.348. The van der Waals surface area contributed by atoms with Gasteiger partial charge < -0.3 is 5.11 Å². The lowest BCUT2D eigenvalue weighted by Crippen LogP contribution is -2.06. The third-order valence-electron chi connectivity index (χ3n) is 3.53. The van der Waals surface area contributed by atoms with Gasteiger partial charge in [-0.1, -0.05) is 23.8 Å². The van der Waals surface area contributed by atoms with E-state index >= 15 is 0 Å². The van der Waals surface area contributed by atoms with Crippen molar-refractivity contribution in [3.8, 4) is 0 Å². The van der Waals surface area contributed by atoms with Crippen LogP contribution in [0, 0.1) is 5.92 Å². The Hall–Kier alpha value is -0.980. The quantitative estimate of drug-likeness (QED) is 0.622. The van der Waals surface area contributed by atoms with E-state index in [1.807, 2.05) is 6.92 Å². The molecule has 0 heterocycles. The molecule has 1 N–H and O–H groups in total. The van der Waals surface area contributed by atoms with Gasteiger partial charge in [-0.3, -0.25) is 0 Å². The summed E-state index contributed by atoms with van der Waals surface area (Å²) in [7, 11) is 0. The highest BCUT2D eigenvalue weighted by Gasteiger charge is 2.14. The molecule has 0 saturated carbocycles. The van der Waals surface area contributed by atoms with Gasteiger partial charge in [-0.15, -0.1) is 0 Å². The maximum Gasteiger partial charge on any atom is 0.0917 e. The third-order valence-corrected chi connectivity index (χ3v) is 3.53. The van der Waals surface area contributed by atoms with E-state index < -0.39 is 0 Å². The van der Waals surface area contributed by atoms with E-state index in [-0.39, 0.29) is 0 Å². The zero-order valence-electron chi connectivity index (χ0n) is 10.8. The number of allylic oxidation sites excluding steroid dienone is 5. The Morgan fingerprint density at radius 1 is 1.38 bits per heavy atom. The van der Waals surface area contributed by atoms with Crippen molar-refractivity contribution in [2.75, 3.05) is 0 Å². The second-order valence-electron chi connectivity index (χ2n) is 5.10. The van der Waals surface area contributed by atoms with Crippen molar-refractivity contribution in [3.05, 3.63) is 35.1 Å². The van der Waals surface area contributed by atoms with Crippen LogP contribution >= 0.6 is 0 Å². The Morgan fingerprint density at radius 2 is 2.06 bits per heavy atom. The standard InChI is InChI=1S/C15H24O/c1-11(2)14-9-8-12(3)6-5-7-13(4)15(16)10-14/h6,14,16H,1,5,7-10H2,2-4H3/b12-6-,15-13+/t14-/m1/s1. The Kier molecular flexibility index (Phi) is 4.85. The van der Waals surface area contributed by atoms with Crippen LogP contribution in [-0.2, 0) is 0 Å². The van der Waals surface area contributed by atoms with Crippen LogP contribution in [0.3, 0.4) is 0 Å². The predicted molar refractivity (Wildman–Crippen MR) is 70.5 cm³/mol. The van der Waals surface area contributed by atoms with E-state index in [9.17, 15) is 5.11 Å². The van der Waals surface area contributed by atoms with Gasteiger partial charge in [-0.25, -0.2) is 0 Å². The van der Waals surface area contributed by atoms with Crippen molar-refractivity contribution in [2.45, 2.75) is 52.9 Å². The van der Waals surface area contributed by atoms with Crippen LogP contribution in [0.1, 0.15) is 52.9 Å². The van der Waals surface area contributed by atoms with Crippen LogP contribution in [0.25, 0.3) is 0 Å². The number of aliphatic hydroxyl groups is 1. The second-order valence-corrected chi connectivity index (χ2v) is 5.10. The molecule has 1 nitrogen and oxygen atoms in total. The van der Waals surface area contributed by atoms with Gasteiger partial charge in [0.25, 0.3) is 0 Å². The molecule has 0 unspecified atom stereocenters. The molecule has 90 valence electrons. The zero-order valence-corrected chi connectivity index (χ0v) is 10.8. The number of rotatable bonds is 1. The van der Waals surface area contributed by atoms with Gasteiger partial charge in [0, 0.05) is 6.42 Å². The van der Waals surface area contributed by atoms with Crippen LogP contribution < -0.4 is 0 Å². The second kappa shape index (κ2) is 5.93. The molecule has 0 aromatic carbocycles. The zero-order chi connectivity index (χ0) is 12.1. The Balaban J connectivity index is 2.84. The third kappa shape index (κ3) is 3.88. The first-order valence-electron chi connectivity index (χ1n) is 6.19. The molecule has 0 bridgehead atoms. The van der Waals surface area contributed by atoms with Crippen molar-refractivity contribution in [2.24, 2.45) is 5.92 Å². The summed E-state index contributed by atoms with van der Waals surface area (Å²) in [5.74, 6) is 1.01. The van der Waals surface area contributed by atoms with Gasteiger partial charge in [-0.2, -0.15) is 0 Å². The maximum atomic E-state index is 10.0.